The molecular formula is C21H26N4O2S. The van der Waals surface area contributed by atoms with Gasteiger partial charge in [0.05, 0.1) is 17.3 Å². The van der Waals surface area contributed by atoms with Crippen molar-refractivity contribution in [2.75, 3.05) is 58.2 Å². The third-order valence-electron chi connectivity index (χ3n) is 4.46. The second-order valence-electron chi connectivity index (χ2n) is 7.03. The Morgan fingerprint density at radius 1 is 1.04 bits per heavy atom. The summed E-state index contributed by atoms with van der Waals surface area (Å²) in [6.45, 7) is 1.32. The first-order chi connectivity index (χ1) is 13.4. The molecule has 0 radical (unpaired) electrons. The maximum absolute atomic E-state index is 13.3. The first kappa shape index (κ1) is 20.1. The third-order valence-corrected chi connectivity index (χ3v) is 5.52. The molecule has 0 saturated carbocycles. The molecule has 3 aromatic rings. The maximum atomic E-state index is 13.3. The van der Waals surface area contributed by atoms with Crippen molar-refractivity contribution in [3.63, 3.8) is 0 Å². The van der Waals surface area contributed by atoms with Crippen LogP contribution in [0.3, 0.4) is 0 Å². The second kappa shape index (κ2) is 8.58. The number of nitrogens with zero attached hydrogens (tertiary/aromatic N) is 4. The molecular weight excluding hydrogens is 372 g/mol. The number of ether oxygens (including phenoxy) is 1. The Morgan fingerprint density at radius 2 is 1.75 bits per heavy atom. The van der Waals surface area contributed by atoms with Crippen LogP contribution in [-0.2, 0) is 0 Å². The highest BCUT2D eigenvalue weighted by atomic mass is 32.1. The van der Waals surface area contributed by atoms with E-state index in [1.165, 1.54) is 11.3 Å². The molecule has 0 aliphatic rings. The topological polar surface area (TPSA) is 48.9 Å². The van der Waals surface area contributed by atoms with Gasteiger partial charge < -0.3 is 14.5 Å². The number of amides is 1. The minimum Gasteiger partial charge on any atom is -0.497 e. The van der Waals surface area contributed by atoms with Gasteiger partial charge in [-0.05, 0) is 50.5 Å². The quantitative estimate of drug-likeness (QED) is 0.609. The van der Waals surface area contributed by atoms with Gasteiger partial charge in [0.1, 0.15) is 5.75 Å². The van der Waals surface area contributed by atoms with Gasteiger partial charge in [-0.25, -0.2) is 4.98 Å². The van der Waals surface area contributed by atoms with Gasteiger partial charge in [-0.1, -0.05) is 11.3 Å². The van der Waals surface area contributed by atoms with Crippen LogP contribution in [0.4, 0.5) is 10.8 Å². The van der Waals surface area contributed by atoms with E-state index in [9.17, 15) is 4.79 Å². The van der Waals surface area contributed by atoms with E-state index < -0.39 is 0 Å². The standard InChI is InChI=1S/C21H26N4O2S/c1-23(2)12-13-25(20(26)15-6-8-16(9-7-15)24(3)4)21-22-18-14-17(27-5)10-11-19(18)28-21/h6-11,14H,12-13H2,1-5H3. The van der Waals surface area contributed by atoms with Crippen molar-refractivity contribution in [2.24, 2.45) is 0 Å². The van der Waals surface area contributed by atoms with Crippen LogP contribution in [0.15, 0.2) is 42.5 Å². The molecule has 0 aliphatic carbocycles. The van der Waals surface area contributed by atoms with Crippen LogP contribution < -0.4 is 14.5 Å². The molecule has 6 nitrogen and oxygen atoms in total. The minimum atomic E-state index is -0.0434. The van der Waals surface area contributed by atoms with E-state index in [1.807, 2.05) is 75.6 Å². The summed E-state index contributed by atoms with van der Waals surface area (Å²) in [5, 5.41) is 0.701. The number of hydrogen-bond donors (Lipinski definition) is 0. The molecule has 0 atom stereocenters. The SMILES string of the molecule is COc1ccc2sc(N(CCN(C)C)C(=O)c3ccc(N(C)C)cc3)nc2c1. The summed E-state index contributed by atoms with van der Waals surface area (Å²) in [7, 11) is 9.60. The van der Waals surface area contributed by atoms with Crippen molar-refractivity contribution in [1.82, 2.24) is 9.88 Å². The molecule has 0 fully saturated rings. The summed E-state index contributed by atoms with van der Waals surface area (Å²) < 4.78 is 6.32. The zero-order valence-corrected chi connectivity index (χ0v) is 17.8. The fourth-order valence-electron chi connectivity index (χ4n) is 2.78. The number of anilines is 2. The molecule has 0 N–H and O–H groups in total. The van der Waals surface area contributed by atoms with E-state index in [4.69, 9.17) is 9.72 Å². The Hall–Kier alpha value is -2.64. The van der Waals surface area contributed by atoms with Crippen molar-refractivity contribution in [3.05, 3.63) is 48.0 Å². The van der Waals surface area contributed by atoms with Gasteiger partial charge in [0, 0.05) is 44.5 Å². The Morgan fingerprint density at radius 3 is 2.36 bits per heavy atom. The number of likely N-dealkylation sites (N-methyl/N-ethyl adjacent to an activating group) is 1. The van der Waals surface area contributed by atoms with E-state index in [-0.39, 0.29) is 5.91 Å². The van der Waals surface area contributed by atoms with Gasteiger partial charge in [0.2, 0.25) is 0 Å². The average Bonchev–Trinajstić information content (AvgIpc) is 3.10. The lowest BCUT2D eigenvalue weighted by Crippen LogP contribution is -2.36. The molecule has 148 valence electrons. The molecule has 2 aromatic carbocycles. The van der Waals surface area contributed by atoms with E-state index in [2.05, 4.69) is 4.90 Å². The first-order valence-corrected chi connectivity index (χ1v) is 9.89. The van der Waals surface area contributed by atoms with E-state index >= 15 is 0 Å². The lowest BCUT2D eigenvalue weighted by atomic mass is 10.1. The molecule has 0 saturated heterocycles. The number of benzene rings is 2. The first-order valence-electron chi connectivity index (χ1n) is 9.07. The van der Waals surface area contributed by atoms with Crippen molar-refractivity contribution in [1.29, 1.82) is 0 Å². The predicted molar refractivity (Wildman–Crippen MR) is 117 cm³/mol. The largest absolute Gasteiger partial charge is 0.497 e. The van der Waals surface area contributed by atoms with Gasteiger partial charge in [-0.2, -0.15) is 0 Å². The van der Waals surface area contributed by atoms with Crippen molar-refractivity contribution in [3.8, 4) is 5.75 Å². The van der Waals surface area contributed by atoms with Crippen molar-refractivity contribution < 1.29 is 9.53 Å². The summed E-state index contributed by atoms with van der Waals surface area (Å²) in [6.07, 6.45) is 0. The number of hydrogen-bond acceptors (Lipinski definition) is 6. The Bertz CT molecular complexity index is 951. The highest BCUT2D eigenvalue weighted by molar-refractivity contribution is 7.22. The van der Waals surface area contributed by atoms with Crippen LogP contribution in [0.2, 0.25) is 0 Å². The molecule has 1 heterocycles. The minimum absolute atomic E-state index is 0.0434. The fourth-order valence-corrected chi connectivity index (χ4v) is 3.75. The number of rotatable bonds is 7. The van der Waals surface area contributed by atoms with Crippen molar-refractivity contribution in [2.45, 2.75) is 0 Å². The summed E-state index contributed by atoms with van der Waals surface area (Å²) in [6, 6.07) is 13.5. The number of carbonyl (C=O) groups excluding carboxylic acids is 1. The van der Waals surface area contributed by atoms with Crippen LogP contribution in [0.1, 0.15) is 10.4 Å². The predicted octanol–water partition coefficient (Wildman–Crippen LogP) is 3.58. The second-order valence-corrected chi connectivity index (χ2v) is 8.04. The van der Waals surface area contributed by atoms with Crippen LogP contribution in [0.25, 0.3) is 10.2 Å². The Labute approximate surface area is 170 Å². The molecule has 0 unspecified atom stereocenters. The lowest BCUT2D eigenvalue weighted by Gasteiger charge is -2.22. The highest BCUT2D eigenvalue weighted by Crippen LogP contribution is 2.32. The maximum Gasteiger partial charge on any atom is 0.260 e. The Kier molecular flexibility index (Phi) is 6.16. The normalized spacial score (nSPS) is 11.1. The van der Waals surface area contributed by atoms with Crippen LogP contribution in [-0.4, -0.2) is 64.2 Å². The highest BCUT2D eigenvalue weighted by Gasteiger charge is 2.21. The number of fused-ring (bicyclic) bond motifs is 1. The smallest absolute Gasteiger partial charge is 0.260 e. The lowest BCUT2D eigenvalue weighted by molar-refractivity contribution is 0.0985. The zero-order chi connectivity index (χ0) is 20.3. The molecule has 28 heavy (non-hydrogen) atoms. The number of thiazole rings is 1. The Balaban J connectivity index is 1.94. The fraction of sp³-hybridized carbons (Fsp3) is 0.333. The molecule has 7 heteroatoms. The number of carbonyl (C=O) groups is 1. The van der Waals surface area contributed by atoms with Gasteiger partial charge in [-0.3, -0.25) is 9.69 Å². The van der Waals surface area contributed by atoms with E-state index in [0.29, 0.717) is 17.2 Å². The van der Waals surface area contributed by atoms with Crippen LogP contribution in [0.5, 0.6) is 5.75 Å². The van der Waals surface area contributed by atoms with Gasteiger partial charge >= 0.3 is 0 Å². The zero-order valence-electron chi connectivity index (χ0n) is 17.0. The van der Waals surface area contributed by atoms with Crippen molar-refractivity contribution >= 4 is 38.3 Å². The molecule has 0 aliphatic heterocycles. The number of methoxy groups -OCH3 is 1. The van der Waals surface area contributed by atoms with Gasteiger partial charge in [-0.15, -0.1) is 0 Å². The van der Waals surface area contributed by atoms with Crippen LogP contribution in [0, 0.1) is 0 Å². The monoisotopic (exact) mass is 398 g/mol. The summed E-state index contributed by atoms with van der Waals surface area (Å²) in [5.41, 5.74) is 2.55. The van der Waals surface area contributed by atoms with E-state index in [1.54, 1.807) is 12.0 Å². The summed E-state index contributed by atoms with van der Waals surface area (Å²) >= 11 is 1.52. The third kappa shape index (κ3) is 4.43. The van der Waals surface area contributed by atoms with Crippen LogP contribution >= 0.6 is 11.3 Å². The molecule has 1 amide bonds. The average molecular weight is 399 g/mol. The molecule has 0 spiro atoms. The summed E-state index contributed by atoms with van der Waals surface area (Å²) in [5.74, 6) is 0.716. The summed E-state index contributed by atoms with van der Waals surface area (Å²) in [4.78, 5) is 23.8. The van der Waals surface area contributed by atoms with E-state index in [0.717, 1.165) is 28.2 Å². The molecule has 0 bridgehead atoms. The van der Waals surface area contributed by atoms with Gasteiger partial charge in [0.25, 0.3) is 5.91 Å². The number of aromatic nitrogens is 1. The molecule has 3 rings (SSSR count). The molecule has 1 aromatic heterocycles. The van der Waals surface area contributed by atoms with Gasteiger partial charge in [0.15, 0.2) is 5.13 Å².